The van der Waals surface area contributed by atoms with E-state index in [1.807, 2.05) is 0 Å². The van der Waals surface area contributed by atoms with Crippen LogP contribution < -0.4 is 0 Å². The van der Waals surface area contributed by atoms with E-state index >= 15 is 0 Å². The number of aryl methyl sites for hydroxylation is 1. The van der Waals surface area contributed by atoms with Gasteiger partial charge in [0.15, 0.2) is 0 Å². The molecule has 1 heteroatoms. The van der Waals surface area contributed by atoms with Gasteiger partial charge in [-0.25, -0.2) is 0 Å². The number of fused-ring (bicyclic) bond motifs is 1. The molecule has 0 bridgehead atoms. The molecule has 0 saturated heterocycles. The van der Waals surface area contributed by atoms with Gasteiger partial charge in [-0.15, -0.1) is 0 Å². The van der Waals surface area contributed by atoms with Crippen molar-refractivity contribution in [2.45, 2.75) is 70.1 Å². The van der Waals surface area contributed by atoms with Crippen molar-refractivity contribution in [3.8, 4) is 6.07 Å². The fourth-order valence-electron chi connectivity index (χ4n) is 3.33. The molecule has 1 unspecified atom stereocenters. The van der Waals surface area contributed by atoms with Gasteiger partial charge in [0.2, 0.25) is 0 Å². The van der Waals surface area contributed by atoms with Crippen molar-refractivity contribution >= 4 is 0 Å². The van der Waals surface area contributed by atoms with Crippen LogP contribution in [0.1, 0.15) is 69.4 Å². The Hall–Kier alpha value is -1.29. The lowest BCUT2D eigenvalue weighted by Crippen LogP contribution is -2.20. The van der Waals surface area contributed by atoms with Crippen LogP contribution in [0, 0.1) is 11.3 Å². The smallest absolute Gasteiger partial charge is 0.0828 e. The van der Waals surface area contributed by atoms with Gasteiger partial charge >= 0.3 is 0 Å². The van der Waals surface area contributed by atoms with Crippen molar-refractivity contribution < 1.29 is 0 Å². The number of rotatable bonds is 7. The molecule has 0 N–H and O–H groups in total. The molecule has 0 radical (unpaired) electrons. The van der Waals surface area contributed by atoms with Crippen LogP contribution in [0.2, 0.25) is 0 Å². The van der Waals surface area contributed by atoms with Crippen LogP contribution in [0.4, 0.5) is 0 Å². The molecule has 1 aromatic rings. The predicted octanol–water partition coefficient (Wildman–Crippen LogP) is 5.14. The molecule has 0 spiro atoms. The highest BCUT2D eigenvalue weighted by molar-refractivity contribution is 5.43. The Bertz CT molecular complexity index is 443. The molecular weight excluding hydrogens is 230 g/mol. The number of unbranched alkanes of at least 4 members (excludes halogenated alkanes) is 5. The minimum Gasteiger partial charge on any atom is -0.197 e. The highest BCUT2D eigenvalue weighted by Crippen LogP contribution is 2.42. The van der Waals surface area contributed by atoms with Gasteiger partial charge < -0.3 is 0 Å². The number of nitrogens with zero attached hydrogens (tertiary/aromatic N) is 1. The lowest BCUT2D eigenvalue weighted by Gasteiger charge is -2.22. The van der Waals surface area contributed by atoms with Crippen molar-refractivity contribution in [1.29, 1.82) is 5.26 Å². The molecule has 0 heterocycles. The first-order valence-electron chi connectivity index (χ1n) is 7.82. The van der Waals surface area contributed by atoms with Crippen LogP contribution in [0.3, 0.4) is 0 Å². The molecule has 19 heavy (non-hydrogen) atoms. The van der Waals surface area contributed by atoms with Gasteiger partial charge in [0.25, 0.3) is 0 Å². The lowest BCUT2D eigenvalue weighted by atomic mass is 9.79. The van der Waals surface area contributed by atoms with E-state index in [0.717, 1.165) is 19.3 Å². The Kier molecular flexibility index (Phi) is 5.02. The van der Waals surface area contributed by atoms with E-state index < -0.39 is 0 Å². The summed E-state index contributed by atoms with van der Waals surface area (Å²) < 4.78 is 0. The summed E-state index contributed by atoms with van der Waals surface area (Å²) in [6.07, 6.45) is 11.0. The third-order valence-electron chi connectivity index (χ3n) is 4.53. The van der Waals surface area contributed by atoms with Gasteiger partial charge in [-0.1, -0.05) is 69.7 Å². The van der Waals surface area contributed by atoms with E-state index in [1.165, 1.54) is 49.7 Å². The second kappa shape index (κ2) is 6.75. The van der Waals surface area contributed by atoms with Crippen LogP contribution in [0.5, 0.6) is 0 Å². The largest absolute Gasteiger partial charge is 0.197 e. The standard InChI is InChI=1S/C18H25N/c1-2-3-4-5-6-9-13-18(15-19)14-12-16-10-7-8-11-17(16)18/h7-8,10-11H,2-6,9,12-14H2,1H3. The molecule has 0 aliphatic heterocycles. The quantitative estimate of drug-likeness (QED) is 0.618. The summed E-state index contributed by atoms with van der Waals surface area (Å²) >= 11 is 0. The first kappa shape index (κ1) is 14.1. The molecule has 1 aliphatic carbocycles. The third kappa shape index (κ3) is 3.18. The third-order valence-corrected chi connectivity index (χ3v) is 4.53. The van der Waals surface area contributed by atoms with Gasteiger partial charge in [0.05, 0.1) is 11.5 Å². The first-order valence-corrected chi connectivity index (χ1v) is 7.82. The SMILES string of the molecule is CCCCCCCCC1(C#N)CCc2ccccc21. The molecule has 1 aromatic carbocycles. The van der Waals surface area contributed by atoms with Crippen LogP contribution in [0.15, 0.2) is 24.3 Å². The summed E-state index contributed by atoms with van der Waals surface area (Å²) in [6.45, 7) is 2.25. The van der Waals surface area contributed by atoms with E-state index in [2.05, 4.69) is 37.3 Å². The second-order valence-electron chi connectivity index (χ2n) is 5.87. The van der Waals surface area contributed by atoms with Crippen molar-refractivity contribution in [2.75, 3.05) is 0 Å². The lowest BCUT2D eigenvalue weighted by molar-refractivity contribution is 0.459. The Labute approximate surface area is 117 Å². The summed E-state index contributed by atoms with van der Waals surface area (Å²) in [4.78, 5) is 0. The molecule has 0 fully saturated rings. The minimum absolute atomic E-state index is 0.179. The summed E-state index contributed by atoms with van der Waals surface area (Å²) in [7, 11) is 0. The number of hydrogen-bond acceptors (Lipinski definition) is 1. The van der Waals surface area contributed by atoms with E-state index in [-0.39, 0.29) is 5.41 Å². The maximum absolute atomic E-state index is 9.65. The van der Waals surface area contributed by atoms with Gasteiger partial charge in [-0.3, -0.25) is 0 Å². The van der Waals surface area contributed by atoms with E-state index in [9.17, 15) is 5.26 Å². The fourth-order valence-corrected chi connectivity index (χ4v) is 3.33. The number of benzene rings is 1. The van der Waals surface area contributed by atoms with Gasteiger partial charge in [-0.05, 0) is 30.4 Å². The fraction of sp³-hybridized carbons (Fsp3) is 0.611. The summed E-state index contributed by atoms with van der Waals surface area (Å²) in [5.74, 6) is 0. The topological polar surface area (TPSA) is 23.8 Å². The van der Waals surface area contributed by atoms with E-state index in [1.54, 1.807) is 0 Å². The zero-order valence-electron chi connectivity index (χ0n) is 12.1. The average molecular weight is 255 g/mol. The van der Waals surface area contributed by atoms with E-state index in [4.69, 9.17) is 0 Å². The highest BCUT2D eigenvalue weighted by atomic mass is 14.4. The molecule has 0 aromatic heterocycles. The normalized spacial score (nSPS) is 21.1. The Morgan fingerprint density at radius 2 is 1.84 bits per heavy atom. The minimum atomic E-state index is -0.179. The maximum Gasteiger partial charge on any atom is 0.0828 e. The van der Waals surface area contributed by atoms with Crippen molar-refractivity contribution in [1.82, 2.24) is 0 Å². The molecule has 0 amide bonds. The molecule has 0 saturated carbocycles. The molecule has 102 valence electrons. The zero-order chi connectivity index (χ0) is 13.6. The van der Waals surface area contributed by atoms with Crippen LogP contribution in [0.25, 0.3) is 0 Å². The van der Waals surface area contributed by atoms with Gasteiger partial charge in [0, 0.05) is 0 Å². The van der Waals surface area contributed by atoms with Gasteiger partial charge in [-0.2, -0.15) is 5.26 Å². The molecular formula is C18H25N. The van der Waals surface area contributed by atoms with Crippen LogP contribution in [-0.4, -0.2) is 0 Å². The molecule has 2 rings (SSSR count). The Morgan fingerprint density at radius 1 is 1.11 bits per heavy atom. The monoisotopic (exact) mass is 255 g/mol. The number of nitriles is 1. The summed E-state index contributed by atoms with van der Waals surface area (Å²) in [5.41, 5.74) is 2.53. The first-order chi connectivity index (χ1) is 9.32. The Balaban J connectivity index is 1.89. The average Bonchev–Trinajstić information content (AvgIpc) is 2.83. The summed E-state index contributed by atoms with van der Waals surface area (Å²) in [5, 5.41) is 9.65. The predicted molar refractivity (Wildman–Crippen MR) is 80.0 cm³/mol. The van der Waals surface area contributed by atoms with Crippen LogP contribution in [-0.2, 0) is 11.8 Å². The van der Waals surface area contributed by atoms with Crippen LogP contribution >= 0.6 is 0 Å². The van der Waals surface area contributed by atoms with Crippen molar-refractivity contribution in [2.24, 2.45) is 0 Å². The van der Waals surface area contributed by atoms with Crippen molar-refractivity contribution in [3.05, 3.63) is 35.4 Å². The second-order valence-corrected chi connectivity index (χ2v) is 5.87. The van der Waals surface area contributed by atoms with E-state index in [0.29, 0.717) is 0 Å². The maximum atomic E-state index is 9.65. The van der Waals surface area contributed by atoms with Gasteiger partial charge in [0.1, 0.15) is 0 Å². The molecule has 1 aliphatic rings. The highest BCUT2D eigenvalue weighted by Gasteiger charge is 2.37. The zero-order valence-corrected chi connectivity index (χ0v) is 12.1. The molecule has 1 nitrogen and oxygen atoms in total. The number of hydrogen-bond donors (Lipinski definition) is 0. The van der Waals surface area contributed by atoms with Crippen molar-refractivity contribution in [3.63, 3.8) is 0 Å². The summed E-state index contributed by atoms with van der Waals surface area (Å²) in [6, 6.07) is 11.2. The Morgan fingerprint density at radius 3 is 2.63 bits per heavy atom. The molecule has 1 atom stereocenters.